The van der Waals surface area contributed by atoms with Crippen molar-refractivity contribution in [2.24, 2.45) is 0 Å². The number of hydrogen-bond acceptors (Lipinski definition) is 6. The molecular weight excluding hydrogens is 360 g/mol. The molecule has 8 nitrogen and oxygen atoms in total. The van der Waals surface area contributed by atoms with E-state index in [1.54, 1.807) is 12.1 Å². The van der Waals surface area contributed by atoms with Crippen LogP contribution in [0.5, 0.6) is 11.5 Å². The van der Waals surface area contributed by atoms with Crippen LogP contribution in [0.3, 0.4) is 0 Å². The van der Waals surface area contributed by atoms with E-state index < -0.39 is 15.9 Å². The number of anilines is 1. The Labute approximate surface area is 150 Å². The van der Waals surface area contributed by atoms with E-state index in [1.165, 1.54) is 28.6 Å². The van der Waals surface area contributed by atoms with E-state index in [2.05, 4.69) is 5.32 Å². The van der Waals surface area contributed by atoms with Crippen molar-refractivity contribution in [2.45, 2.75) is 4.90 Å². The normalized spacial score (nSPS) is 15.5. The number of carbonyl (C=O) groups excluding carboxylic acids is 1. The van der Waals surface area contributed by atoms with E-state index >= 15 is 0 Å². The van der Waals surface area contributed by atoms with Crippen molar-refractivity contribution in [1.82, 2.24) is 4.31 Å². The molecule has 0 atom stereocenters. The molecule has 0 radical (unpaired) electrons. The van der Waals surface area contributed by atoms with Crippen molar-refractivity contribution in [3.63, 3.8) is 0 Å². The second-order valence-corrected chi connectivity index (χ2v) is 7.64. The minimum atomic E-state index is -3.79. The fraction of sp³-hybridized carbons (Fsp3) is 0.235. The average molecular weight is 378 g/mol. The summed E-state index contributed by atoms with van der Waals surface area (Å²) in [6.07, 6.45) is 0. The lowest BCUT2D eigenvalue weighted by Gasteiger charge is -2.26. The van der Waals surface area contributed by atoms with Crippen LogP contribution in [0.4, 0.5) is 5.69 Å². The Hall–Kier alpha value is -2.62. The average Bonchev–Trinajstić information content (AvgIpc) is 2.62. The van der Waals surface area contributed by atoms with Crippen LogP contribution in [0, 0.1) is 0 Å². The van der Waals surface area contributed by atoms with Gasteiger partial charge in [0.05, 0.1) is 23.7 Å². The first-order valence-corrected chi connectivity index (χ1v) is 9.33. The lowest BCUT2D eigenvalue weighted by atomic mass is 10.2. The van der Waals surface area contributed by atoms with Gasteiger partial charge in [-0.1, -0.05) is 6.07 Å². The summed E-state index contributed by atoms with van der Waals surface area (Å²) in [5.74, 6) is -1.06. The Kier molecular flexibility index (Phi) is 5.12. The molecule has 1 aliphatic heterocycles. The molecule has 1 saturated heterocycles. The van der Waals surface area contributed by atoms with Gasteiger partial charge in [0.25, 0.3) is 5.91 Å². The van der Waals surface area contributed by atoms with Crippen molar-refractivity contribution < 1.29 is 28.2 Å². The Morgan fingerprint density at radius 2 is 1.81 bits per heavy atom. The second-order valence-electron chi connectivity index (χ2n) is 5.70. The molecule has 2 aromatic rings. The quantitative estimate of drug-likeness (QED) is 0.740. The molecule has 138 valence electrons. The van der Waals surface area contributed by atoms with Crippen LogP contribution < -0.4 is 5.32 Å². The van der Waals surface area contributed by atoms with Gasteiger partial charge in [-0.25, -0.2) is 8.42 Å². The van der Waals surface area contributed by atoms with E-state index in [1.807, 2.05) is 0 Å². The first-order chi connectivity index (χ1) is 12.4. The van der Waals surface area contributed by atoms with Gasteiger partial charge in [-0.05, 0) is 30.3 Å². The van der Waals surface area contributed by atoms with Gasteiger partial charge in [0.15, 0.2) is 0 Å². The zero-order valence-electron chi connectivity index (χ0n) is 13.8. The molecule has 1 fully saturated rings. The van der Waals surface area contributed by atoms with Crippen molar-refractivity contribution in [3.8, 4) is 11.5 Å². The number of carbonyl (C=O) groups is 1. The number of nitrogens with one attached hydrogen (secondary N) is 1. The molecule has 1 amide bonds. The molecule has 3 N–H and O–H groups in total. The number of phenols is 2. The summed E-state index contributed by atoms with van der Waals surface area (Å²) in [6.45, 7) is 1.08. The minimum absolute atomic E-state index is 0.0318. The number of phenolic OH excluding ortho intramolecular Hbond substituents is 2. The summed E-state index contributed by atoms with van der Waals surface area (Å²) in [5.41, 5.74) is 0.138. The number of amides is 1. The minimum Gasteiger partial charge on any atom is -0.508 e. The third-order valence-electron chi connectivity index (χ3n) is 3.92. The number of ether oxygens (including phenoxy) is 1. The highest BCUT2D eigenvalue weighted by Gasteiger charge is 2.27. The Balaban J connectivity index is 1.88. The fourth-order valence-corrected chi connectivity index (χ4v) is 4.01. The lowest BCUT2D eigenvalue weighted by molar-refractivity contribution is 0.0730. The molecule has 2 aromatic carbocycles. The van der Waals surface area contributed by atoms with Crippen molar-refractivity contribution in [2.75, 3.05) is 31.6 Å². The number of morpholine rings is 1. The van der Waals surface area contributed by atoms with Gasteiger partial charge in [0.2, 0.25) is 10.0 Å². The molecule has 0 unspecified atom stereocenters. The van der Waals surface area contributed by atoms with Gasteiger partial charge in [0, 0.05) is 24.8 Å². The van der Waals surface area contributed by atoms with Crippen molar-refractivity contribution >= 4 is 21.6 Å². The standard InChI is InChI=1S/C17H18N2O6S/c20-13-3-1-2-12(10-13)18-17(22)15-11-14(4-5-16(15)21)26(23,24)19-6-8-25-9-7-19/h1-5,10-11,20-21H,6-9H2,(H,18,22). The zero-order valence-corrected chi connectivity index (χ0v) is 14.6. The summed E-state index contributed by atoms with van der Waals surface area (Å²) in [5, 5.41) is 21.9. The molecular formula is C17H18N2O6S. The summed E-state index contributed by atoms with van der Waals surface area (Å²) in [4.78, 5) is 12.3. The number of nitrogens with zero attached hydrogens (tertiary/aromatic N) is 1. The maximum absolute atomic E-state index is 12.7. The largest absolute Gasteiger partial charge is 0.508 e. The van der Waals surface area contributed by atoms with Gasteiger partial charge in [-0.3, -0.25) is 4.79 Å². The van der Waals surface area contributed by atoms with Crippen LogP contribution in [0.2, 0.25) is 0 Å². The molecule has 0 saturated carbocycles. The van der Waals surface area contributed by atoms with E-state index in [4.69, 9.17) is 4.74 Å². The van der Waals surface area contributed by atoms with Gasteiger partial charge < -0.3 is 20.3 Å². The van der Waals surface area contributed by atoms with Gasteiger partial charge >= 0.3 is 0 Å². The SMILES string of the molecule is O=C(Nc1cccc(O)c1)c1cc(S(=O)(=O)N2CCOCC2)ccc1O. The maximum Gasteiger partial charge on any atom is 0.259 e. The van der Waals surface area contributed by atoms with E-state index in [9.17, 15) is 23.4 Å². The monoisotopic (exact) mass is 378 g/mol. The highest BCUT2D eigenvalue weighted by Crippen LogP contribution is 2.25. The molecule has 1 aliphatic rings. The van der Waals surface area contributed by atoms with Crippen LogP contribution in [-0.4, -0.2) is 55.1 Å². The smallest absolute Gasteiger partial charge is 0.259 e. The van der Waals surface area contributed by atoms with Crippen molar-refractivity contribution in [3.05, 3.63) is 48.0 Å². The van der Waals surface area contributed by atoms with Gasteiger partial charge in [-0.15, -0.1) is 0 Å². The fourth-order valence-electron chi connectivity index (χ4n) is 2.58. The van der Waals surface area contributed by atoms with Crippen LogP contribution >= 0.6 is 0 Å². The highest BCUT2D eigenvalue weighted by atomic mass is 32.2. The summed E-state index contributed by atoms with van der Waals surface area (Å²) >= 11 is 0. The molecule has 0 spiro atoms. The third kappa shape index (κ3) is 3.79. The lowest BCUT2D eigenvalue weighted by Crippen LogP contribution is -2.40. The molecule has 0 aromatic heterocycles. The number of hydrogen-bond donors (Lipinski definition) is 3. The molecule has 0 aliphatic carbocycles. The van der Waals surface area contributed by atoms with Crippen molar-refractivity contribution in [1.29, 1.82) is 0 Å². The molecule has 3 rings (SSSR count). The predicted molar refractivity (Wildman–Crippen MR) is 93.7 cm³/mol. The second kappa shape index (κ2) is 7.32. The first kappa shape index (κ1) is 18.2. The Morgan fingerprint density at radius 3 is 2.50 bits per heavy atom. The number of sulfonamides is 1. The number of benzene rings is 2. The number of rotatable bonds is 4. The summed E-state index contributed by atoms with van der Waals surface area (Å²) < 4.78 is 31.8. The van der Waals surface area contributed by atoms with Crippen LogP contribution in [0.15, 0.2) is 47.4 Å². The first-order valence-electron chi connectivity index (χ1n) is 7.89. The Bertz CT molecular complexity index is 923. The zero-order chi connectivity index (χ0) is 18.7. The van der Waals surface area contributed by atoms with Crippen LogP contribution in [-0.2, 0) is 14.8 Å². The maximum atomic E-state index is 12.7. The van der Waals surface area contributed by atoms with E-state index in [-0.39, 0.29) is 35.0 Å². The molecule has 9 heteroatoms. The molecule has 0 bridgehead atoms. The third-order valence-corrected chi connectivity index (χ3v) is 5.82. The van der Waals surface area contributed by atoms with Gasteiger partial charge in [0.1, 0.15) is 11.5 Å². The predicted octanol–water partition coefficient (Wildman–Crippen LogP) is 1.37. The highest BCUT2D eigenvalue weighted by molar-refractivity contribution is 7.89. The summed E-state index contributed by atoms with van der Waals surface area (Å²) in [7, 11) is -3.79. The Morgan fingerprint density at radius 1 is 1.08 bits per heavy atom. The van der Waals surface area contributed by atoms with E-state index in [0.717, 1.165) is 6.07 Å². The molecule has 26 heavy (non-hydrogen) atoms. The molecule has 1 heterocycles. The van der Waals surface area contributed by atoms with Gasteiger partial charge in [-0.2, -0.15) is 4.31 Å². The van der Waals surface area contributed by atoms with E-state index in [0.29, 0.717) is 18.9 Å². The topological polar surface area (TPSA) is 116 Å². The number of aromatic hydroxyl groups is 2. The summed E-state index contributed by atoms with van der Waals surface area (Å²) in [6, 6.07) is 9.45. The van der Waals surface area contributed by atoms with Crippen LogP contribution in [0.1, 0.15) is 10.4 Å². The van der Waals surface area contributed by atoms with Crippen LogP contribution in [0.25, 0.3) is 0 Å².